The molecule has 1 unspecified atom stereocenters. The monoisotopic (exact) mass is 288 g/mol. The Bertz CT molecular complexity index is 646. The van der Waals surface area contributed by atoms with Crippen molar-refractivity contribution >= 4 is 17.0 Å². The molecular formula is C15H20N4O2. The number of carbonyl (C=O) groups is 1. The third-order valence-electron chi connectivity index (χ3n) is 4.11. The van der Waals surface area contributed by atoms with Crippen molar-refractivity contribution < 1.29 is 9.90 Å². The number of hydrogen-bond donors (Lipinski definition) is 1. The quantitative estimate of drug-likeness (QED) is 0.933. The summed E-state index contributed by atoms with van der Waals surface area (Å²) < 4.78 is 1.84. The van der Waals surface area contributed by atoms with E-state index in [1.165, 1.54) is 19.3 Å². The van der Waals surface area contributed by atoms with Gasteiger partial charge in [0.25, 0.3) is 0 Å². The number of aromatic nitrogens is 3. The van der Waals surface area contributed by atoms with Gasteiger partial charge in [-0.15, -0.1) is 5.10 Å². The van der Waals surface area contributed by atoms with Crippen LogP contribution in [0.2, 0.25) is 0 Å². The van der Waals surface area contributed by atoms with Gasteiger partial charge in [-0.3, -0.25) is 0 Å². The Balaban J connectivity index is 1.84. The van der Waals surface area contributed by atoms with E-state index in [0.29, 0.717) is 0 Å². The zero-order chi connectivity index (χ0) is 14.8. The Labute approximate surface area is 123 Å². The van der Waals surface area contributed by atoms with Crippen molar-refractivity contribution in [1.82, 2.24) is 19.9 Å². The number of rotatable bonds is 4. The molecule has 1 atom stereocenters. The second-order valence-corrected chi connectivity index (χ2v) is 5.75. The lowest BCUT2D eigenvalue weighted by Gasteiger charge is -2.29. The molecule has 6 nitrogen and oxygen atoms in total. The van der Waals surface area contributed by atoms with Gasteiger partial charge in [-0.2, -0.15) is 0 Å². The lowest BCUT2D eigenvalue weighted by Crippen LogP contribution is -2.34. The summed E-state index contributed by atoms with van der Waals surface area (Å²) >= 11 is 0. The molecular weight excluding hydrogens is 268 g/mol. The van der Waals surface area contributed by atoms with Crippen molar-refractivity contribution in [3.63, 3.8) is 0 Å². The molecule has 0 bridgehead atoms. The van der Waals surface area contributed by atoms with Gasteiger partial charge in [-0.05, 0) is 51.1 Å². The fourth-order valence-corrected chi connectivity index (χ4v) is 2.99. The standard InChI is InChI=1S/C15H20N4O2/c1-11(10-18-7-3-2-4-8-18)19-14-9-12(15(20)21)5-6-13(14)16-17-19/h5-6,9,11H,2-4,7-8,10H2,1H3,(H,20,21). The molecule has 0 amide bonds. The lowest BCUT2D eigenvalue weighted by atomic mass is 10.1. The second kappa shape index (κ2) is 5.81. The van der Waals surface area contributed by atoms with E-state index >= 15 is 0 Å². The van der Waals surface area contributed by atoms with Crippen LogP contribution in [0.1, 0.15) is 42.6 Å². The minimum atomic E-state index is -0.923. The largest absolute Gasteiger partial charge is 0.478 e. The van der Waals surface area contributed by atoms with Crippen molar-refractivity contribution in [2.24, 2.45) is 0 Å². The van der Waals surface area contributed by atoms with Crippen molar-refractivity contribution in [1.29, 1.82) is 0 Å². The number of nitrogens with zero attached hydrogens (tertiary/aromatic N) is 4. The summed E-state index contributed by atoms with van der Waals surface area (Å²) in [7, 11) is 0. The van der Waals surface area contributed by atoms with E-state index in [-0.39, 0.29) is 11.6 Å². The first-order valence-electron chi connectivity index (χ1n) is 7.46. The van der Waals surface area contributed by atoms with E-state index in [1.807, 2.05) is 4.68 Å². The lowest BCUT2D eigenvalue weighted by molar-refractivity contribution is 0.0697. The fourth-order valence-electron chi connectivity index (χ4n) is 2.99. The molecule has 6 heteroatoms. The Hall–Kier alpha value is -1.95. The van der Waals surface area contributed by atoms with Crippen LogP contribution in [0.4, 0.5) is 0 Å². The van der Waals surface area contributed by atoms with E-state index in [4.69, 9.17) is 5.11 Å². The number of carboxylic acid groups (broad SMARTS) is 1. The average molecular weight is 288 g/mol. The zero-order valence-corrected chi connectivity index (χ0v) is 12.2. The zero-order valence-electron chi connectivity index (χ0n) is 12.2. The van der Waals surface area contributed by atoms with Crippen LogP contribution in [-0.4, -0.2) is 50.6 Å². The minimum Gasteiger partial charge on any atom is -0.478 e. The molecule has 0 spiro atoms. The number of fused-ring (bicyclic) bond motifs is 1. The van der Waals surface area contributed by atoms with Crippen molar-refractivity contribution in [3.8, 4) is 0 Å². The highest BCUT2D eigenvalue weighted by Gasteiger charge is 2.18. The Morgan fingerprint density at radius 3 is 2.81 bits per heavy atom. The molecule has 2 aromatic rings. The molecule has 112 valence electrons. The van der Waals surface area contributed by atoms with Gasteiger partial charge in [-0.1, -0.05) is 11.6 Å². The Kier molecular flexibility index (Phi) is 3.88. The summed E-state index contributed by atoms with van der Waals surface area (Å²) in [6.07, 6.45) is 3.83. The van der Waals surface area contributed by atoms with Crippen LogP contribution in [0, 0.1) is 0 Å². The first-order valence-corrected chi connectivity index (χ1v) is 7.46. The molecule has 1 aliphatic rings. The Morgan fingerprint density at radius 1 is 1.33 bits per heavy atom. The second-order valence-electron chi connectivity index (χ2n) is 5.75. The number of piperidine rings is 1. The minimum absolute atomic E-state index is 0.178. The number of aromatic carboxylic acids is 1. The highest BCUT2D eigenvalue weighted by atomic mass is 16.4. The van der Waals surface area contributed by atoms with Crippen molar-refractivity contribution in [2.45, 2.75) is 32.2 Å². The van der Waals surface area contributed by atoms with Gasteiger partial charge in [0.15, 0.2) is 0 Å². The highest BCUT2D eigenvalue weighted by Crippen LogP contribution is 2.19. The molecule has 2 heterocycles. The summed E-state index contributed by atoms with van der Waals surface area (Å²) in [4.78, 5) is 13.6. The molecule has 0 saturated carbocycles. The first-order chi connectivity index (χ1) is 10.1. The molecule has 21 heavy (non-hydrogen) atoms. The molecule has 3 rings (SSSR count). The average Bonchev–Trinajstić information content (AvgIpc) is 2.91. The van der Waals surface area contributed by atoms with Crippen molar-refractivity contribution in [2.75, 3.05) is 19.6 Å². The van der Waals surface area contributed by atoms with Crippen molar-refractivity contribution in [3.05, 3.63) is 23.8 Å². The maximum absolute atomic E-state index is 11.1. The fraction of sp³-hybridized carbons (Fsp3) is 0.533. The predicted molar refractivity (Wildman–Crippen MR) is 79.5 cm³/mol. The van der Waals surface area contributed by atoms with E-state index in [9.17, 15) is 4.79 Å². The van der Waals surface area contributed by atoms with E-state index in [2.05, 4.69) is 22.1 Å². The van der Waals surface area contributed by atoms with E-state index in [0.717, 1.165) is 30.7 Å². The third-order valence-corrected chi connectivity index (χ3v) is 4.11. The molecule has 1 aromatic heterocycles. The summed E-state index contributed by atoms with van der Waals surface area (Å²) in [5.74, 6) is -0.923. The van der Waals surface area contributed by atoms with E-state index in [1.54, 1.807) is 18.2 Å². The number of carboxylic acids is 1. The maximum Gasteiger partial charge on any atom is 0.335 e. The van der Waals surface area contributed by atoms with Crippen LogP contribution < -0.4 is 0 Å². The van der Waals surface area contributed by atoms with Gasteiger partial charge in [-0.25, -0.2) is 9.48 Å². The molecule has 0 radical (unpaired) electrons. The van der Waals surface area contributed by atoms with Gasteiger partial charge in [0.1, 0.15) is 5.52 Å². The van der Waals surface area contributed by atoms with Crippen LogP contribution in [0.5, 0.6) is 0 Å². The SMILES string of the molecule is CC(CN1CCCCC1)n1nnc2ccc(C(=O)O)cc21. The summed E-state index contributed by atoms with van der Waals surface area (Å²) in [5, 5.41) is 17.5. The number of hydrogen-bond acceptors (Lipinski definition) is 4. The molecule has 1 aliphatic heterocycles. The topological polar surface area (TPSA) is 71.2 Å². The third kappa shape index (κ3) is 2.90. The van der Waals surface area contributed by atoms with Crippen LogP contribution in [-0.2, 0) is 0 Å². The van der Waals surface area contributed by atoms with Gasteiger partial charge in [0.05, 0.1) is 17.1 Å². The van der Waals surface area contributed by atoms with Gasteiger partial charge >= 0.3 is 5.97 Å². The first kappa shape index (κ1) is 14.0. The van der Waals surface area contributed by atoms with Crippen LogP contribution >= 0.6 is 0 Å². The summed E-state index contributed by atoms with van der Waals surface area (Å²) in [6.45, 7) is 5.31. The summed E-state index contributed by atoms with van der Waals surface area (Å²) in [6, 6.07) is 5.12. The number of benzene rings is 1. The molecule has 1 N–H and O–H groups in total. The molecule has 1 aromatic carbocycles. The van der Waals surface area contributed by atoms with Gasteiger partial charge < -0.3 is 10.0 Å². The van der Waals surface area contributed by atoms with Gasteiger partial charge in [0, 0.05) is 6.54 Å². The predicted octanol–water partition coefficient (Wildman–Crippen LogP) is 2.18. The molecule has 1 saturated heterocycles. The van der Waals surface area contributed by atoms with Crippen LogP contribution in [0.15, 0.2) is 18.2 Å². The van der Waals surface area contributed by atoms with Gasteiger partial charge in [0.2, 0.25) is 0 Å². The maximum atomic E-state index is 11.1. The van der Waals surface area contributed by atoms with E-state index < -0.39 is 5.97 Å². The number of likely N-dealkylation sites (tertiary alicyclic amines) is 1. The Morgan fingerprint density at radius 2 is 2.10 bits per heavy atom. The summed E-state index contributed by atoms with van der Waals surface area (Å²) in [5.41, 5.74) is 1.81. The van der Waals surface area contributed by atoms with Crippen LogP contribution in [0.3, 0.4) is 0 Å². The molecule has 1 fully saturated rings. The normalized spacial score (nSPS) is 18.0. The molecule has 0 aliphatic carbocycles. The van der Waals surface area contributed by atoms with Crippen LogP contribution in [0.25, 0.3) is 11.0 Å². The smallest absolute Gasteiger partial charge is 0.335 e. The highest BCUT2D eigenvalue weighted by molar-refractivity contribution is 5.92.